The third kappa shape index (κ3) is 5.18. The van der Waals surface area contributed by atoms with E-state index in [9.17, 15) is 0 Å². The number of fused-ring (bicyclic) bond motifs is 3. The molecule has 0 aliphatic heterocycles. The summed E-state index contributed by atoms with van der Waals surface area (Å²) in [5, 5.41) is 2.19. The Balaban J connectivity index is 1.23. The van der Waals surface area contributed by atoms with E-state index in [1.165, 1.54) is 0 Å². The van der Waals surface area contributed by atoms with Crippen molar-refractivity contribution in [2.45, 2.75) is 13.8 Å². The van der Waals surface area contributed by atoms with Gasteiger partial charge in [-0.05, 0) is 78.6 Å². The van der Waals surface area contributed by atoms with Crippen molar-refractivity contribution in [3.63, 3.8) is 0 Å². The fourth-order valence-electron chi connectivity index (χ4n) is 6.04. The van der Waals surface area contributed by atoms with Crippen molar-refractivity contribution in [1.82, 2.24) is 24.9 Å². The number of hydrogen-bond acceptors (Lipinski definition) is 5. The van der Waals surface area contributed by atoms with Crippen molar-refractivity contribution in [3.05, 3.63) is 151 Å². The Hall–Kier alpha value is -6.07. The van der Waals surface area contributed by atoms with Crippen LogP contribution in [0.25, 0.3) is 78.0 Å². The molecule has 0 radical (unpaired) electrons. The predicted octanol–water partition coefficient (Wildman–Crippen LogP) is 9.92. The molecule has 5 nitrogen and oxygen atoms in total. The fraction of sp³-hybridized carbons (Fsp3) is 0.0488. The van der Waals surface area contributed by atoms with Crippen LogP contribution in [-0.4, -0.2) is 24.9 Å². The third-order valence-corrected chi connectivity index (χ3v) is 8.29. The summed E-state index contributed by atoms with van der Waals surface area (Å²) in [5.41, 5.74) is 12.9. The maximum atomic E-state index is 5.03. The second-order valence-corrected chi connectivity index (χ2v) is 11.5. The summed E-state index contributed by atoms with van der Waals surface area (Å²) >= 11 is 0. The SMILES string of the molecule is Cc1ccc2ccc3c(-c4cccc(-c5cccc(-c6nc(-c7ccccc7)cc(-c7cccnc7)n6)c5)c4)cc(C)nc3c2n1. The largest absolute Gasteiger partial charge is 0.264 e. The molecule has 0 amide bonds. The Morgan fingerprint density at radius 1 is 0.435 bits per heavy atom. The third-order valence-electron chi connectivity index (χ3n) is 8.29. The molecule has 0 saturated carbocycles. The molecule has 8 aromatic rings. The summed E-state index contributed by atoms with van der Waals surface area (Å²) in [5.74, 6) is 0.670. The second kappa shape index (κ2) is 11.5. The van der Waals surface area contributed by atoms with E-state index in [0.717, 1.165) is 83.5 Å². The van der Waals surface area contributed by atoms with Crippen molar-refractivity contribution in [2.24, 2.45) is 0 Å². The smallest absolute Gasteiger partial charge is 0.160 e. The molecule has 218 valence electrons. The van der Waals surface area contributed by atoms with Gasteiger partial charge in [-0.1, -0.05) is 84.9 Å². The van der Waals surface area contributed by atoms with Gasteiger partial charge in [-0.15, -0.1) is 0 Å². The van der Waals surface area contributed by atoms with Crippen LogP contribution in [0.3, 0.4) is 0 Å². The van der Waals surface area contributed by atoms with Gasteiger partial charge in [0.25, 0.3) is 0 Å². The summed E-state index contributed by atoms with van der Waals surface area (Å²) in [6, 6.07) is 44.0. The van der Waals surface area contributed by atoms with Crippen LogP contribution in [-0.2, 0) is 0 Å². The van der Waals surface area contributed by atoms with Gasteiger partial charge in [-0.2, -0.15) is 0 Å². The van der Waals surface area contributed by atoms with Gasteiger partial charge in [0.1, 0.15) is 0 Å². The number of pyridine rings is 3. The summed E-state index contributed by atoms with van der Waals surface area (Å²) in [4.78, 5) is 24.2. The molecule has 8 rings (SSSR count). The van der Waals surface area contributed by atoms with Crippen LogP contribution in [0.2, 0.25) is 0 Å². The van der Waals surface area contributed by atoms with Gasteiger partial charge in [0, 0.05) is 51.2 Å². The standard InChI is InChI=1S/C41H29N5/c1-26-16-17-29-18-19-35-36(21-27(2)44-40(35)39(29)43-26)32-13-6-11-30(22-32)31-12-7-14-33(23-31)41-45-37(28-9-4-3-5-10-28)24-38(46-41)34-15-8-20-42-25-34/h3-25H,1-2H3. The molecule has 0 fully saturated rings. The topological polar surface area (TPSA) is 64.5 Å². The first-order valence-electron chi connectivity index (χ1n) is 15.3. The van der Waals surface area contributed by atoms with Crippen molar-refractivity contribution < 1.29 is 0 Å². The van der Waals surface area contributed by atoms with Crippen LogP contribution >= 0.6 is 0 Å². The molecule has 0 saturated heterocycles. The highest BCUT2D eigenvalue weighted by Gasteiger charge is 2.14. The number of benzene rings is 4. The molecule has 46 heavy (non-hydrogen) atoms. The predicted molar refractivity (Wildman–Crippen MR) is 187 cm³/mol. The number of rotatable bonds is 5. The van der Waals surface area contributed by atoms with E-state index in [4.69, 9.17) is 19.9 Å². The summed E-state index contributed by atoms with van der Waals surface area (Å²) in [7, 11) is 0. The highest BCUT2D eigenvalue weighted by Crippen LogP contribution is 2.35. The first kappa shape index (κ1) is 27.5. The van der Waals surface area contributed by atoms with E-state index in [-0.39, 0.29) is 0 Å². The molecular formula is C41H29N5. The lowest BCUT2D eigenvalue weighted by Gasteiger charge is -2.13. The fourth-order valence-corrected chi connectivity index (χ4v) is 6.04. The van der Waals surface area contributed by atoms with E-state index >= 15 is 0 Å². The number of aromatic nitrogens is 5. The lowest BCUT2D eigenvalue weighted by atomic mass is 9.95. The van der Waals surface area contributed by atoms with Gasteiger partial charge >= 0.3 is 0 Å². The first-order chi connectivity index (χ1) is 22.6. The zero-order valence-corrected chi connectivity index (χ0v) is 25.5. The maximum Gasteiger partial charge on any atom is 0.160 e. The Labute approximate surface area is 267 Å². The molecule has 0 unspecified atom stereocenters. The van der Waals surface area contributed by atoms with E-state index < -0.39 is 0 Å². The van der Waals surface area contributed by atoms with Crippen molar-refractivity contribution in [1.29, 1.82) is 0 Å². The average Bonchev–Trinajstić information content (AvgIpc) is 3.12. The molecule has 4 aromatic carbocycles. The van der Waals surface area contributed by atoms with E-state index in [2.05, 4.69) is 89.9 Å². The molecule has 0 aliphatic rings. The minimum Gasteiger partial charge on any atom is -0.264 e. The quantitative estimate of drug-likeness (QED) is 0.186. The van der Waals surface area contributed by atoms with E-state index in [0.29, 0.717) is 5.82 Å². The Bertz CT molecular complexity index is 2330. The summed E-state index contributed by atoms with van der Waals surface area (Å²) < 4.78 is 0. The van der Waals surface area contributed by atoms with Gasteiger partial charge in [-0.3, -0.25) is 15.0 Å². The number of aryl methyl sites for hydroxylation is 2. The first-order valence-corrected chi connectivity index (χ1v) is 15.3. The molecule has 0 atom stereocenters. The Kier molecular flexibility index (Phi) is 6.84. The second-order valence-electron chi connectivity index (χ2n) is 11.5. The van der Waals surface area contributed by atoms with Crippen LogP contribution in [0, 0.1) is 13.8 Å². The number of nitrogens with zero attached hydrogens (tertiary/aromatic N) is 5. The summed E-state index contributed by atoms with van der Waals surface area (Å²) in [6.45, 7) is 4.07. The molecule has 0 N–H and O–H groups in total. The lowest BCUT2D eigenvalue weighted by Crippen LogP contribution is -1.96. The monoisotopic (exact) mass is 591 g/mol. The van der Waals surface area contributed by atoms with Crippen molar-refractivity contribution in [3.8, 4) is 56.2 Å². The van der Waals surface area contributed by atoms with Crippen LogP contribution in [0.5, 0.6) is 0 Å². The molecule has 4 aromatic heterocycles. The van der Waals surface area contributed by atoms with Gasteiger partial charge in [-0.25, -0.2) is 9.97 Å². The zero-order valence-electron chi connectivity index (χ0n) is 25.5. The average molecular weight is 592 g/mol. The minimum atomic E-state index is 0.670. The molecule has 0 spiro atoms. The highest BCUT2D eigenvalue weighted by atomic mass is 14.9. The molecule has 0 aliphatic carbocycles. The van der Waals surface area contributed by atoms with Gasteiger partial charge < -0.3 is 0 Å². The van der Waals surface area contributed by atoms with Crippen LogP contribution in [0.1, 0.15) is 11.4 Å². The van der Waals surface area contributed by atoms with Gasteiger partial charge in [0.05, 0.1) is 22.4 Å². The van der Waals surface area contributed by atoms with Gasteiger partial charge in [0.15, 0.2) is 5.82 Å². The highest BCUT2D eigenvalue weighted by molar-refractivity contribution is 6.08. The summed E-state index contributed by atoms with van der Waals surface area (Å²) in [6.07, 6.45) is 3.62. The van der Waals surface area contributed by atoms with Crippen LogP contribution in [0.4, 0.5) is 0 Å². The molecular weight excluding hydrogens is 562 g/mol. The minimum absolute atomic E-state index is 0.670. The zero-order chi connectivity index (χ0) is 31.0. The molecule has 0 bridgehead atoms. The lowest BCUT2D eigenvalue weighted by molar-refractivity contribution is 1.18. The number of hydrogen-bond donors (Lipinski definition) is 0. The van der Waals surface area contributed by atoms with Crippen LogP contribution in [0.15, 0.2) is 140 Å². The normalized spacial score (nSPS) is 11.3. The Morgan fingerprint density at radius 3 is 1.87 bits per heavy atom. The van der Waals surface area contributed by atoms with E-state index in [1.807, 2.05) is 62.5 Å². The Morgan fingerprint density at radius 2 is 1.09 bits per heavy atom. The van der Waals surface area contributed by atoms with Crippen LogP contribution < -0.4 is 0 Å². The maximum absolute atomic E-state index is 5.03. The van der Waals surface area contributed by atoms with Crippen molar-refractivity contribution >= 4 is 21.8 Å². The van der Waals surface area contributed by atoms with E-state index in [1.54, 1.807) is 6.20 Å². The van der Waals surface area contributed by atoms with Crippen molar-refractivity contribution in [2.75, 3.05) is 0 Å². The molecule has 5 heteroatoms. The van der Waals surface area contributed by atoms with Gasteiger partial charge in [0.2, 0.25) is 0 Å². The molecule has 4 heterocycles.